The van der Waals surface area contributed by atoms with E-state index in [9.17, 15) is 9.90 Å². The Labute approximate surface area is 173 Å². The van der Waals surface area contributed by atoms with E-state index >= 15 is 0 Å². The van der Waals surface area contributed by atoms with Crippen molar-refractivity contribution in [2.24, 2.45) is 40.4 Å². The molecule has 4 heteroatoms. The lowest BCUT2D eigenvalue weighted by molar-refractivity contribution is -0.175. The third kappa shape index (κ3) is 3.08. The maximum Gasteiger partial charge on any atom is 0.147 e. The lowest BCUT2D eigenvalue weighted by Gasteiger charge is -2.62. The molecule has 0 radical (unpaired) electrons. The van der Waals surface area contributed by atoms with Gasteiger partial charge in [-0.25, -0.2) is 0 Å². The van der Waals surface area contributed by atoms with Gasteiger partial charge in [-0.15, -0.1) is 0 Å². The van der Waals surface area contributed by atoms with Crippen LogP contribution in [0.4, 0.5) is 0 Å². The van der Waals surface area contributed by atoms with Gasteiger partial charge in [-0.1, -0.05) is 22.9 Å². The molecule has 8 atom stereocenters. The van der Waals surface area contributed by atoms with Gasteiger partial charge in [0.25, 0.3) is 0 Å². The number of hydrogen-bond acceptors (Lipinski definition) is 3. The summed E-state index contributed by atoms with van der Waals surface area (Å²) in [7, 11) is 1.86. The van der Waals surface area contributed by atoms with Gasteiger partial charge in [-0.05, 0) is 99.2 Å². The molecule has 3 nitrogen and oxygen atoms in total. The Morgan fingerprint density at radius 2 is 1.85 bits per heavy atom. The van der Waals surface area contributed by atoms with Gasteiger partial charge in [-0.3, -0.25) is 4.79 Å². The molecule has 0 aliphatic heterocycles. The first kappa shape index (κ1) is 20.3. The monoisotopic (exact) mass is 440 g/mol. The highest BCUT2D eigenvalue weighted by atomic mass is 79.9. The van der Waals surface area contributed by atoms with Gasteiger partial charge in [0.15, 0.2) is 0 Å². The molecular weight excluding hydrogens is 404 g/mol. The minimum absolute atomic E-state index is 0.202. The molecule has 4 aliphatic carbocycles. The molecule has 4 rings (SSSR count). The van der Waals surface area contributed by atoms with Gasteiger partial charge in [0.2, 0.25) is 0 Å². The van der Waals surface area contributed by atoms with Gasteiger partial charge in [0.1, 0.15) is 5.78 Å². The minimum atomic E-state index is -0.501. The zero-order valence-corrected chi connectivity index (χ0v) is 18.9. The highest BCUT2D eigenvalue weighted by Gasteiger charge is 2.62. The number of alkyl halides is 1. The molecule has 4 saturated carbocycles. The average molecular weight is 441 g/mol. The molecule has 0 spiro atoms. The largest absolute Gasteiger partial charge is 0.390 e. The van der Waals surface area contributed by atoms with E-state index in [2.05, 4.69) is 22.9 Å². The summed E-state index contributed by atoms with van der Waals surface area (Å²) < 4.78 is 5.83. The molecule has 0 aromatic carbocycles. The molecule has 27 heavy (non-hydrogen) atoms. The Kier molecular flexibility index (Phi) is 5.34. The van der Waals surface area contributed by atoms with Crippen LogP contribution in [0, 0.1) is 40.4 Å². The Morgan fingerprint density at radius 1 is 1.07 bits per heavy atom. The zero-order valence-electron chi connectivity index (χ0n) is 17.3. The summed E-state index contributed by atoms with van der Waals surface area (Å²) in [4.78, 5) is 12.6. The highest BCUT2D eigenvalue weighted by Crippen LogP contribution is 2.68. The predicted molar refractivity (Wildman–Crippen MR) is 111 cm³/mol. The summed E-state index contributed by atoms with van der Waals surface area (Å²) in [6, 6.07) is 0. The molecule has 1 N–H and O–H groups in total. The first-order valence-corrected chi connectivity index (χ1v) is 12.2. The Morgan fingerprint density at radius 3 is 2.56 bits per heavy atom. The maximum absolute atomic E-state index is 12.6. The lowest BCUT2D eigenvalue weighted by Crippen LogP contribution is -2.58. The van der Waals surface area contributed by atoms with E-state index in [4.69, 9.17) is 4.74 Å². The van der Waals surface area contributed by atoms with Gasteiger partial charge in [0.05, 0.1) is 17.5 Å². The quantitative estimate of drug-likeness (QED) is 0.626. The summed E-state index contributed by atoms with van der Waals surface area (Å²) in [5, 5.41) is 11.2. The van der Waals surface area contributed by atoms with Crippen molar-refractivity contribution in [3.63, 3.8) is 0 Å². The number of carbonyl (C=O) groups excluding carboxylic acids is 1. The Balaban J connectivity index is 1.63. The molecular formula is C23H37BrO3. The van der Waals surface area contributed by atoms with Crippen molar-refractivity contribution in [2.75, 3.05) is 19.0 Å². The van der Waals surface area contributed by atoms with Crippen LogP contribution in [0.25, 0.3) is 0 Å². The number of aliphatic hydroxyl groups is 1. The highest BCUT2D eigenvalue weighted by molar-refractivity contribution is 9.09. The summed E-state index contributed by atoms with van der Waals surface area (Å²) in [6.07, 6.45) is 10.2. The van der Waals surface area contributed by atoms with Crippen LogP contribution in [0.5, 0.6) is 0 Å². The standard InChI is InChI=1S/C23H37BrO3/c1-21(26)10-11-23(14-27-3)15(12-21)4-5-16-17-6-7-19(20(25)13-24)22(17,2)9-8-18(16)23/h15-19,26H,4-14H2,1-3H3/t15-,16-,17-,18-,19+,21+,22-,23+/m0/s1. The normalized spacial score (nSPS) is 52.0. The molecule has 0 aromatic rings. The zero-order chi connectivity index (χ0) is 19.4. The van der Waals surface area contributed by atoms with Crippen molar-refractivity contribution in [3.8, 4) is 0 Å². The van der Waals surface area contributed by atoms with E-state index in [0.29, 0.717) is 28.9 Å². The van der Waals surface area contributed by atoms with Crippen LogP contribution in [0.15, 0.2) is 0 Å². The van der Waals surface area contributed by atoms with Crippen molar-refractivity contribution >= 4 is 21.7 Å². The van der Waals surface area contributed by atoms with Crippen molar-refractivity contribution < 1.29 is 14.6 Å². The number of carbonyl (C=O) groups is 1. The fraction of sp³-hybridized carbons (Fsp3) is 0.957. The smallest absolute Gasteiger partial charge is 0.147 e. The van der Waals surface area contributed by atoms with E-state index in [1.807, 2.05) is 14.0 Å². The van der Waals surface area contributed by atoms with Crippen LogP contribution in [-0.2, 0) is 9.53 Å². The van der Waals surface area contributed by atoms with Crippen molar-refractivity contribution in [1.29, 1.82) is 0 Å². The number of rotatable bonds is 4. The second kappa shape index (κ2) is 7.09. The average Bonchev–Trinajstić information content (AvgIpc) is 2.98. The summed E-state index contributed by atoms with van der Waals surface area (Å²) >= 11 is 3.43. The second-order valence-electron chi connectivity index (χ2n) is 10.8. The SMILES string of the molecule is COC[C@]12CC[C@@](C)(O)C[C@@H]1CC[C@H]1[C@@H]3CC[C@H](C(=O)CBr)[C@@]3(C)CC[C@@H]12. The molecule has 0 saturated heterocycles. The maximum atomic E-state index is 12.6. The van der Waals surface area contributed by atoms with Crippen LogP contribution in [-0.4, -0.2) is 35.5 Å². The molecule has 4 aliphatic rings. The lowest BCUT2D eigenvalue weighted by atomic mass is 9.43. The van der Waals surface area contributed by atoms with Crippen LogP contribution in [0.3, 0.4) is 0 Å². The summed E-state index contributed by atoms with van der Waals surface area (Å²) in [5.74, 6) is 3.42. The van der Waals surface area contributed by atoms with Crippen LogP contribution in [0.1, 0.15) is 71.6 Å². The van der Waals surface area contributed by atoms with Crippen molar-refractivity contribution in [1.82, 2.24) is 0 Å². The van der Waals surface area contributed by atoms with Gasteiger partial charge in [-0.2, -0.15) is 0 Å². The molecule has 0 unspecified atom stereocenters. The fourth-order valence-electron chi connectivity index (χ4n) is 8.41. The molecule has 0 bridgehead atoms. The molecule has 4 fully saturated rings. The van der Waals surface area contributed by atoms with Crippen LogP contribution >= 0.6 is 15.9 Å². The Bertz CT molecular complexity index is 590. The molecule has 0 heterocycles. The van der Waals surface area contributed by atoms with Crippen molar-refractivity contribution in [3.05, 3.63) is 0 Å². The first-order chi connectivity index (χ1) is 12.8. The number of halogens is 1. The number of fused-ring (bicyclic) bond motifs is 5. The molecule has 0 amide bonds. The Hall–Kier alpha value is 0.0700. The third-order valence-corrected chi connectivity index (χ3v) is 10.1. The number of Topliss-reactive ketones (excluding diaryl/α,β-unsaturated/α-hetero) is 1. The van der Waals surface area contributed by atoms with Gasteiger partial charge < -0.3 is 9.84 Å². The predicted octanol–water partition coefficient (Wildman–Crippen LogP) is 4.99. The number of ether oxygens (including phenoxy) is 1. The van der Waals surface area contributed by atoms with E-state index in [0.717, 1.165) is 38.2 Å². The number of hydrogen-bond donors (Lipinski definition) is 1. The van der Waals surface area contributed by atoms with E-state index < -0.39 is 5.60 Å². The van der Waals surface area contributed by atoms with E-state index in [-0.39, 0.29) is 16.7 Å². The van der Waals surface area contributed by atoms with E-state index in [1.165, 1.54) is 32.1 Å². The minimum Gasteiger partial charge on any atom is -0.390 e. The number of ketones is 1. The topological polar surface area (TPSA) is 46.5 Å². The van der Waals surface area contributed by atoms with E-state index in [1.54, 1.807) is 0 Å². The summed E-state index contributed by atoms with van der Waals surface area (Å²) in [6.45, 7) is 5.30. The molecule has 0 aromatic heterocycles. The van der Waals surface area contributed by atoms with Gasteiger partial charge >= 0.3 is 0 Å². The second-order valence-corrected chi connectivity index (χ2v) is 11.4. The fourth-order valence-corrected chi connectivity index (χ4v) is 8.80. The van der Waals surface area contributed by atoms with Crippen LogP contribution in [0.2, 0.25) is 0 Å². The van der Waals surface area contributed by atoms with Crippen LogP contribution < -0.4 is 0 Å². The number of methoxy groups -OCH3 is 1. The van der Waals surface area contributed by atoms with Gasteiger partial charge in [0, 0.05) is 13.0 Å². The summed E-state index contributed by atoms with van der Waals surface area (Å²) in [5.41, 5.74) is -0.0509. The van der Waals surface area contributed by atoms with Crippen molar-refractivity contribution in [2.45, 2.75) is 77.2 Å². The molecule has 154 valence electrons. The first-order valence-electron chi connectivity index (χ1n) is 11.1. The third-order valence-electron chi connectivity index (χ3n) is 9.59.